The zero-order chi connectivity index (χ0) is 9.80. The van der Waals surface area contributed by atoms with E-state index in [1.807, 2.05) is 30.3 Å². The molecule has 0 fully saturated rings. The highest BCUT2D eigenvalue weighted by Crippen LogP contribution is 2.32. The van der Waals surface area contributed by atoms with Crippen molar-refractivity contribution >= 4 is 0 Å². The van der Waals surface area contributed by atoms with Crippen molar-refractivity contribution in [1.29, 1.82) is 0 Å². The Bertz CT molecular complexity index is 444. The van der Waals surface area contributed by atoms with Crippen LogP contribution < -0.4 is 0 Å². The lowest BCUT2D eigenvalue weighted by atomic mass is 10.2. The lowest BCUT2D eigenvalue weighted by Gasteiger charge is -1.82. The highest BCUT2D eigenvalue weighted by Gasteiger charge is 2.06. The van der Waals surface area contributed by atoms with Gasteiger partial charge in [0.1, 0.15) is 0 Å². The number of hydrogen-bond acceptors (Lipinski definition) is 0. The summed E-state index contributed by atoms with van der Waals surface area (Å²) in [4.78, 5) is 0. The largest absolute Gasteiger partial charge is 0.115 e. The van der Waals surface area contributed by atoms with Crippen LogP contribution in [0.5, 0.6) is 0 Å². The first kappa shape index (κ1) is 8.59. The van der Waals surface area contributed by atoms with Crippen LogP contribution in [0.2, 0.25) is 0 Å². The van der Waals surface area contributed by atoms with Gasteiger partial charge in [-0.2, -0.15) is 0 Å². The van der Waals surface area contributed by atoms with Crippen LogP contribution in [0.4, 0.5) is 0 Å². The van der Waals surface area contributed by atoms with Crippen molar-refractivity contribution in [1.82, 2.24) is 0 Å². The summed E-state index contributed by atoms with van der Waals surface area (Å²) in [5.74, 6) is 2.53. The molecule has 0 nitrogen and oxygen atoms in total. The van der Waals surface area contributed by atoms with E-state index in [4.69, 9.17) is 6.42 Å². The summed E-state index contributed by atoms with van der Waals surface area (Å²) in [6.07, 6.45) is 5.10. The van der Waals surface area contributed by atoms with Crippen molar-refractivity contribution in [2.75, 3.05) is 0 Å². The predicted molar refractivity (Wildman–Crippen MR) is 59.8 cm³/mol. The van der Waals surface area contributed by atoms with Crippen LogP contribution in [0.25, 0.3) is 11.1 Å². The summed E-state index contributed by atoms with van der Waals surface area (Å²) >= 11 is 0. The van der Waals surface area contributed by atoms with Gasteiger partial charge in [0.2, 0.25) is 0 Å². The van der Waals surface area contributed by atoms with E-state index >= 15 is 0 Å². The minimum atomic E-state index is 0.938. The second kappa shape index (κ2) is 3.81. The molecule has 0 saturated heterocycles. The van der Waals surface area contributed by atoms with E-state index in [1.165, 1.54) is 11.1 Å². The van der Waals surface area contributed by atoms with Crippen LogP contribution in [-0.4, -0.2) is 0 Å². The van der Waals surface area contributed by atoms with Gasteiger partial charge in [-0.25, -0.2) is 0 Å². The van der Waals surface area contributed by atoms with E-state index in [-0.39, 0.29) is 0 Å². The Labute approximate surface area is 84.2 Å². The molecule has 0 radical (unpaired) electrons. The van der Waals surface area contributed by atoms with Crippen LogP contribution in [0, 0.1) is 12.3 Å². The van der Waals surface area contributed by atoms with Gasteiger partial charge in [-0.1, -0.05) is 42.3 Å². The average molecular weight is 178 g/mol. The molecule has 2 aliphatic carbocycles. The fraction of sp³-hybridized carbons (Fsp3) is 0. The molecule has 1 aromatic rings. The zero-order valence-corrected chi connectivity index (χ0v) is 7.77. The maximum absolute atomic E-state index is 5.10. The monoisotopic (exact) mass is 178 g/mol. The summed E-state index contributed by atoms with van der Waals surface area (Å²) in [5, 5.41) is 0. The highest BCUT2D eigenvalue weighted by atomic mass is 14.1. The molecule has 0 aliphatic heterocycles. The van der Waals surface area contributed by atoms with Crippen molar-refractivity contribution in [3.63, 3.8) is 0 Å². The summed E-state index contributed by atoms with van der Waals surface area (Å²) in [6, 6.07) is 18.1. The van der Waals surface area contributed by atoms with Gasteiger partial charge in [0, 0.05) is 5.56 Å². The van der Waals surface area contributed by atoms with E-state index in [1.54, 1.807) is 0 Å². The minimum Gasteiger partial charge on any atom is -0.115 e. The van der Waals surface area contributed by atoms with Gasteiger partial charge in [0.15, 0.2) is 0 Å². The van der Waals surface area contributed by atoms with Crippen molar-refractivity contribution in [2.45, 2.75) is 0 Å². The number of rotatable bonds is 0. The van der Waals surface area contributed by atoms with Crippen molar-refractivity contribution in [3.05, 3.63) is 60.2 Å². The van der Waals surface area contributed by atoms with Gasteiger partial charge in [-0.15, -0.1) is 6.42 Å². The van der Waals surface area contributed by atoms with E-state index < -0.39 is 0 Å². The molecule has 0 bridgehead atoms. The first-order chi connectivity index (χ1) is 6.90. The molecule has 0 N–H and O–H groups in total. The summed E-state index contributed by atoms with van der Waals surface area (Å²) in [6.45, 7) is 0. The molecule has 0 saturated carbocycles. The van der Waals surface area contributed by atoms with Crippen LogP contribution in [0.1, 0.15) is 5.56 Å². The Morgan fingerprint density at radius 2 is 1.43 bits per heavy atom. The minimum absolute atomic E-state index is 0.938. The summed E-state index contributed by atoms with van der Waals surface area (Å²) < 4.78 is 0. The second-order valence-electron chi connectivity index (χ2n) is 3.09. The van der Waals surface area contributed by atoms with Crippen LogP contribution in [-0.2, 0) is 0 Å². The molecule has 0 heteroatoms. The van der Waals surface area contributed by atoms with E-state index in [0.29, 0.717) is 0 Å². The third-order valence-electron chi connectivity index (χ3n) is 2.05. The summed E-state index contributed by atoms with van der Waals surface area (Å²) in [7, 11) is 0. The molecule has 3 rings (SSSR count). The molecule has 0 heterocycles. The fourth-order valence-electron chi connectivity index (χ4n) is 1.21. The summed E-state index contributed by atoms with van der Waals surface area (Å²) in [5.41, 5.74) is 3.79. The SMILES string of the molecule is C#Cc1ccccc1.c1cc2cc-2c1. The Morgan fingerprint density at radius 3 is 1.71 bits per heavy atom. The first-order valence-electron chi connectivity index (χ1n) is 4.52. The topological polar surface area (TPSA) is 0 Å². The fourth-order valence-corrected chi connectivity index (χ4v) is 1.21. The first-order valence-corrected chi connectivity index (χ1v) is 4.52. The molecular weight excluding hydrogens is 168 g/mol. The molecule has 0 atom stereocenters. The van der Waals surface area contributed by atoms with Gasteiger partial charge in [0.25, 0.3) is 0 Å². The number of hydrogen-bond donors (Lipinski definition) is 0. The van der Waals surface area contributed by atoms with Crippen LogP contribution >= 0.6 is 0 Å². The third kappa shape index (κ3) is 2.02. The lowest BCUT2D eigenvalue weighted by molar-refractivity contribution is 1.65. The third-order valence-corrected chi connectivity index (χ3v) is 2.05. The van der Waals surface area contributed by atoms with E-state index in [0.717, 1.165) is 5.56 Å². The van der Waals surface area contributed by atoms with Gasteiger partial charge in [-0.05, 0) is 29.3 Å². The number of benzene rings is 2. The molecule has 0 spiro atoms. The number of fused-ring (bicyclic) bond motifs is 1. The van der Waals surface area contributed by atoms with Crippen LogP contribution in [0.15, 0.2) is 54.6 Å². The van der Waals surface area contributed by atoms with Gasteiger partial charge >= 0.3 is 0 Å². The Kier molecular flexibility index (Phi) is 2.34. The van der Waals surface area contributed by atoms with Crippen LogP contribution in [0.3, 0.4) is 0 Å². The molecule has 1 aromatic carbocycles. The Balaban J connectivity index is 0.000000110. The molecule has 2 aliphatic rings. The van der Waals surface area contributed by atoms with Crippen molar-refractivity contribution in [2.24, 2.45) is 0 Å². The predicted octanol–water partition coefficient (Wildman–Crippen LogP) is 3.33. The number of terminal acetylenes is 1. The quantitative estimate of drug-likeness (QED) is 0.463. The van der Waals surface area contributed by atoms with Crippen molar-refractivity contribution < 1.29 is 0 Å². The average Bonchev–Trinajstić information content (AvgIpc) is 2.88. The molecule has 66 valence electrons. The maximum atomic E-state index is 5.10. The standard InChI is InChI=1S/C8H6.C6H4/c1-2-8-6-4-3-5-7-8;1-2-5-4-6(5)3-1/h1,3-7H;1-4H. The Hall–Kier alpha value is -2.00. The maximum Gasteiger partial charge on any atom is 0.0242 e. The molecule has 0 unspecified atom stereocenters. The molecule has 0 aromatic heterocycles. The lowest BCUT2D eigenvalue weighted by Crippen LogP contribution is -1.66. The normalized spacial score (nSPS) is 9.36. The van der Waals surface area contributed by atoms with E-state index in [2.05, 4.69) is 30.2 Å². The Morgan fingerprint density at radius 1 is 0.786 bits per heavy atom. The highest BCUT2D eigenvalue weighted by molar-refractivity contribution is 5.80. The second-order valence-corrected chi connectivity index (χ2v) is 3.09. The molecule has 0 amide bonds. The zero-order valence-electron chi connectivity index (χ0n) is 7.77. The molecule has 14 heavy (non-hydrogen) atoms. The smallest absolute Gasteiger partial charge is 0.0242 e. The van der Waals surface area contributed by atoms with E-state index in [9.17, 15) is 0 Å². The van der Waals surface area contributed by atoms with Gasteiger partial charge in [-0.3, -0.25) is 0 Å². The van der Waals surface area contributed by atoms with Crippen molar-refractivity contribution in [3.8, 4) is 23.5 Å². The van der Waals surface area contributed by atoms with Gasteiger partial charge in [0.05, 0.1) is 0 Å². The van der Waals surface area contributed by atoms with Gasteiger partial charge < -0.3 is 0 Å². The molecular formula is C14H10.